The van der Waals surface area contributed by atoms with Gasteiger partial charge >= 0.3 is 11.9 Å². The number of carbonyl (C=O) groups is 2. The number of carboxylic acids is 2. The Bertz CT molecular complexity index is 1230. The van der Waals surface area contributed by atoms with Crippen molar-refractivity contribution in [3.8, 4) is 11.5 Å². The fourth-order valence-electron chi connectivity index (χ4n) is 2.82. The van der Waals surface area contributed by atoms with Gasteiger partial charge in [-0.1, -0.05) is 64.5 Å². The summed E-state index contributed by atoms with van der Waals surface area (Å²) in [5.74, 6) is -2.97. The lowest BCUT2D eigenvalue weighted by Crippen LogP contribution is -1.96. The highest BCUT2D eigenvalue weighted by Gasteiger charge is 2.10. The maximum absolute atomic E-state index is 11.1. The summed E-state index contributed by atoms with van der Waals surface area (Å²) in [7, 11) is 0. The molecule has 0 amide bonds. The van der Waals surface area contributed by atoms with Gasteiger partial charge in [0.25, 0.3) is 0 Å². The van der Waals surface area contributed by atoms with E-state index in [1.165, 1.54) is 24.3 Å². The molecule has 31 heavy (non-hydrogen) atoms. The van der Waals surface area contributed by atoms with Crippen molar-refractivity contribution in [2.75, 3.05) is 0 Å². The Morgan fingerprint density at radius 1 is 0.645 bits per heavy atom. The fourth-order valence-corrected chi connectivity index (χ4v) is 3.35. The van der Waals surface area contributed by atoms with Crippen molar-refractivity contribution < 1.29 is 30.0 Å². The van der Waals surface area contributed by atoms with E-state index in [0.29, 0.717) is 11.1 Å². The van der Waals surface area contributed by atoms with Gasteiger partial charge in [0.2, 0.25) is 0 Å². The van der Waals surface area contributed by atoms with Crippen LogP contribution in [0.3, 0.4) is 0 Å². The number of phenols is 2. The van der Waals surface area contributed by atoms with Crippen LogP contribution in [0.25, 0.3) is 24.3 Å². The van der Waals surface area contributed by atoms with E-state index in [2.05, 4.69) is 15.9 Å². The summed E-state index contributed by atoms with van der Waals surface area (Å²) >= 11 is 3.51. The Balaban J connectivity index is 1.79. The van der Waals surface area contributed by atoms with E-state index in [1.54, 1.807) is 24.3 Å². The molecule has 3 aromatic carbocycles. The maximum Gasteiger partial charge on any atom is 0.339 e. The molecule has 0 saturated carbocycles. The third kappa shape index (κ3) is 5.40. The van der Waals surface area contributed by atoms with E-state index in [0.717, 1.165) is 15.6 Å². The minimum atomic E-state index is -1.20. The molecule has 156 valence electrons. The standard InChI is InChI=1S/C24H17BrO6/c25-20-13-16(2-1-14-5-9-21(26)18(11-14)23(28)29)4-8-17(20)7-3-15-6-10-22(27)19(12-15)24(30)31/h1-13,26-27H,(H,28,29)(H,30,31)/b2-1+,7-3-. The first-order valence-corrected chi connectivity index (χ1v) is 9.82. The summed E-state index contributed by atoms with van der Waals surface area (Å²) in [5.41, 5.74) is 2.67. The monoisotopic (exact) mass is 480 g/mol. The molecule has 0 aliphatic heterocycles. The maximum atomic E-state index is 11.1. The zero-order valence-electron chi connectivity index (χ0n) is 16.0. The normalized spacial score (nSPS) is 11.3. The molecule has 0 unspecified atom stereocenters. The number of hydrogen-bond donors (Lipinski definition) is 4. The van der Waals surface area contributed by atoms with Crippen molar-refractivity contribution in [1.29, 1.82) is 0 Å². The van der Waals surface area contributed by atoms with Crippen LogP contribution in [0, 0.1) is 0 Å². The molecular formula is C24H17BrO6. The molecule has 0 atom stereocenters. The average Bonchev–Trinajstić information content (AvgIpc) is 2.73. The van der Waals surface area contributed by atoms with Crippen molar-refractivity contribution in [2.24, 2.45) is 0 Å². The smallest absolute Gasteiger partial charge is 0.339 e. The van der Waals surface area contributed by atoms with Gasteiger partial charge in [0.15, 0.2) is 0 Å². The number of aromatic carboxylic acids is 2. The highest BCUT2D eigenvalue weighted by molar-refractivity contribution is 9.10. The first-order valence-electron chi connectivity index (χ1n) is 9.03. The van der Waals surface area contributed by atoms with E-state index in [9.17, 15) is 19.8 Å². The van der Waals surface area contributed by atoms with Crippen molar-refractivity contribution in [3.63, 3.8) is 0 Å². The molecule has 0 aliphatic carbocycles. The summed E-state index contributed by atoms with van der Waals surface area (Å²) in [5, 5.41) is 37.4. The Labute approximate surface area is 186 Å². The molecule has 0 saturated heterocycles. The number of hydrogen-bond acceptors (Lipinski definition) is 4. The Hall–Kier alpha value is -3.84. The van der Waals surface area contributed by atoms with Gasteiger partial charge in [-0.2, -0.15) is 0 Å². The van der Waals surface area contributed by atoms with Gasteiger partial charge in [-0.15, -0.1) is 0 Å². The quantitative estimate of drug-likeness (QED) is 0.341. The molecule has 0 spiro atoms. The molecule has 0 bridgehead atoms. The van der Waals surface area contributed by atoms with Gasteiger partial charge < -0.3 is 20.4 Å². The third-order valence-electron chi connectivity index (χ3n) is 4.45. The average molecular weight is 481 g/mol. The molecule has 0 fully saturated rings. The lowest BCUT2D eigenvalue weighted by Gasteiger charge is -2.03. The first kappa shape index (κ1) is 21.9. The second-order valence-electron chi connectivity index (χ2n) is 6.61. The molecule has 0 aliphatic rings. The Morgan fingerprint density at radius 3 is 1.52 bits per heavy atom. The molecule has 7 heteroatoms. The van der Waals surface area contributed by atoms with Crippen LogP contribution in [0.15, 0.2) is 59.1 Å². The van der Waals surface area contributed by atoms with Gasteiger partial charge in [-0.05, 0) is 52.6 Å². The minimum absolute atomic E-state index is 0.163. The van der Waals surface area contributed by atoms with Crippen molar-refractivity contribution >= 4 is 52.2 Å². The lowest BCUT2D eigenvalue weighted by molar-refractivity contribution is 0.0682. The highest BCUT2D eigenvalue weighted by atomic mass is 79.9. The molecule has 0 radical (unpaired) electrons. The van der Waals surface area contributed by atoms with Crippen LogP contribution in [0.2, 0.25) is 0 Å². The molecule has 3 aromatic rings. The van der Waals surface area contributed by atoms with Crippen LogP contribution in [0.4, 0.5) is 0 Å². The molecule has 6 nitrogen and oxygen atoms in total. The van der Waals surface area contributed by atoms with E-state index in [4.69, 9.17) is 10.2 Å². The second-order valence-corrected chi connectivity index (χ2v) is 7.47. The summed E-state index contributed by atoms with van der Waals surface area (Å²) in [4.78, 5) is 22.3. The predicted octanol–water partition coefficient (Wildman–Crippen LogP) is 5.60. The predicted molar refractivity (Wildman–Crippen MR) is 122 cm³/mol. The van der Waals surface area contributed by atoms with Crippen LogP contribution in [-0.4, -0.2) is 32.4 Å². The minimum Gasteiger partial charge on any atom is -0.507 e. The van der Waals surface area contributed by atoms with E-state index in [1.807, 2.05) is 30.4 Å². The SMILES string of the molecule is O=C(O)c1cc(/C=C\c2ccc(/C=C/c3ccc(O)c(C(=O)O)c3)cc2Br)ccc1O. The molecular weight excluding hydrogens is 464 g/mol. The van der Waals surface area contributed by atoms with Crippen LogP contribution >= 0.6 is 15.9 Å². The van der Waals surface area contributed by atoms with Gasteiger partial charge in [-0.3, -0.25) is 0 Å². The van der Waals surface area contributed by atoms with Crippen molar-refractivity contribution in [1.82, 2.24) is 0 Å². The number of halogens is 1. The largest absolute Gasteiger partial charge is 0.507 e. The molecule has 4 N–H and O–H groups in total. The fraction of sp³-hybridized carbons (Fsp3) is 0. The topological polar surface area (TPSA) is 115 Å². The number of carboxylic acid groups (broad SMARTS) is 2. The van der Waals surface area contributed by atoms with Crippen LogP contribution in [0.5, 0.6) is 11.5 Å². The number of benzene rings is 3. The highest BCUT2D eigenvalue weighted by Crippen LogP contribution is 2.25. The van der Waals surface area contributed by atoms with Gasteiger partial charge in [0.05, 0.1) is 0 Å². The summed E-state index contributed by atoms with van der Waals surface area (Å²) in [6.45, 7) is 0. The summed E-state index contributed by atoms with van der Waals surface area (Å²) in [6.07, 6.45) is 7.11. The molecule has 0 aromatic heterocycles. The van der Waals surface area contributed by atoms with Gasteiger partial charge in [0, 0.05) is 4.47 Å². The van der Waals surface area contributed by atoms with Crippen molar-refractivity contribution in [3.05, 3.63) is 92.5 Å². The number of rotatable bonds is 6. The third-order valence-corrected chi connectivity index (χ3v) is 5.14. The van der Waals surface area contributed by atoms with Crippen LogP contribution in [0.1, 0.15) is 43.0 Å². The van der Waals surface area contributed by atoms with Gasteiger partial charge in [-0.25, -0.2) is 9.59 Å². The van der Waals surface area contributed by atoms with E-state index >= 15 is 0 Å². The zero-order chi connectivity index (χ0) is 22.5. The first-order chi connectivity index (χ1) is 14.7. The molecule has 0 heterocycles. The summed E-state index contributed by atoms with van der Waals surface area (Å²) in [6, 6.07) is 14.3. The molecule has 3 rings (SSSR count). The summed E-state index contributed by atoms with van der Waals surface area (Å²) < 4.78 is 0.806. The number of aromatic hydroxyl groups is 2. The van der Waals surface area contributed by atoms with Gasteiger partial charge in [0.1, 0.15) is 22.6 Å². The Kier molecular flexibility index (Phi) is 6.57. The lowest BCUT2D eigenvalue weighted by atomic mass is 10.1. The van der Waals surface area contributed by atoms with Crippen LogP contribution in [-0.2, 0) is 0 Å². The van der Waals surface area contributed by atoms with E-state index in [-0.39, 0.29) is 22.6 Å². The zero-order valence-corrected chi connectivity index (χ0v) is 17.6. The second kappa shape index (κ2) is 9.32. The van der Waals surface area contributed by atoms with Crippen molar-refractivity contribution in [2.45, 2.75) is 0 Å². The Morgan fingerprint density at radius 2 is 1.06 bits per heavy atom. The van der Waals surface area contributed by atoms with E-state index < -0.39 is 11.9 Å². The van der Waals surface area contributed by atoms with Crippen LogP contribution < -0.4 is 0 Å².